The molecule has 20 heavy (non-hydrogen) atoms. The third kappa shape index (κ3) is 4.54. The summed E-state index contributed by atoms with van der Waals surface area (Å²) in [5.41, 5.74) is 6.79. The van der Waals surface area contributed by atoms with Gasteiger partial charge in [0.15, 0.2) is 6.61 Å². The number of nitrogens with two attached hydrogens (primary N) is 1. The molecular formula is C14H20Cl2N2O2. The molecule has 6 heteroatoms. The molecule has 2 N–H and O–H groups in total. The van der Waals surface area contributed by atoms with E-state index in [9.17, 15) is 4.79 Å². The number of ether oxygens (including phenoxy) is 1. The zero-order valence-electron chi connectivity index (χ0n) is 11.5. The molecular weight excluding hydrogens is 299 g/mol. The normalized spacial score (nSPS) is 18.4. The molecule has 0 spiro atoms. The molecule has 1 amide bonds. The van der Waals surface area contributed by atoms with Crippen LogP contribution in [0, 0.1) is 6.92 Å². The fourth-order valence-corrected chi connectivity index (χ4v) is 2.30. The Morgan fingerprint density at radius 3 is 2.95 bits per heavy atom. The van der Waals surface area contributed by atoms with E-state index in [0.29, 0.717) is 17.3 Å². The third-order valence-corrected chi connectivity index (χ3v) is 3.73. The predicted molar refractivity (Wildman–Crippen MR) is 82.7 cm³/mol. The molecule has 1 unspecified atom stereocenters. The van der Waals surface area contributed by atoms with Crippen molar-refractivity contribution in [2.45, 2.75) is 25.8 Å². The van der Waals surface area contributed by atoms with Crippen LogP contribution >= 0.6 is 24.0 Å². The van der Waals surface area contributed by atoms with E-state index in [1.807, 2.05) is 13.0 Å². The van der Waals surface area contributed by atoms with Gasteiger partial charge in [-0.25, -0.2) is 0 Å². The summed E-state index contributed by atoms with van der Waals surface area (Å²) >= 11 is 5.94. The van der Waals surface area contributed by atoms with Crippen LogP contribution in [0.25, 0.3) is 0 Å². The summed E-state index contributed by atoms with van der Waals surface area (Å²) < 4.78 is 5.50. The van der Waals surface area contributed by atoms with E-state index in [0.717, 1.165) is 24.9 Å². The van der Waals surface area contributed by atoms with Crippen molar-refractivity contribution in [2.75, 3.05) is 19.7 Å². The lowest BCUT2D eigenvalue weighted by Gasteiger charge is -2.30. The second-order valence-corrected chi connectivity index (χ2v) is 5.35. The Morgan fingerprint density at radius 1 is 1.55 bits per heavy atom. The SMILES string of the molecule is Cc1cc(OCC(=O)N2CCCC(N)C2)ccc1Cl.Cl. The van der Waals surface area contributed by atoms with Crippen LogP contribution in [0.15, 0.2) is 18.2 Å². The molecule has 1 atom stereocenters. The van der Waals surface area contributed by atoms with Crippen molar-refractivity contribution in [1.29, 1.82) is 0 Å². The van der Waals surface area contributed by atoms with Gasteiger partial charge < -0.3 is 15.4 Å². The van der Waals surface area contributed by atoms with Gasteiger partial charge >= 0.3 is 0 Å². The molecule has 1 aromatic rings. The van der Waals surface area contributed by atoms with Crippen molar-refractivity contribution in [2.24, 2.45) is 5.73 Å². The second-order valence-electron chi connectivity index (χ2n) is 4.94. The third-order valence-electron chi connectivity index (χ3n) is 3.30. The highest BCUT2D eigenvalue weighted by Crippen LogP contribution is 2.21. The average molecular weight is 319 g/mol. The second kappa shape index (κ2) is 7.72. The highest BCUT2D eigenvalue weighted by atomic mass is 35.5. The monoisotopic (exact) mass is 318 g/mol. The molecule has 4 nitrogen and oxygen atoms in total. The van der Waals surface area contributed by atoms with E-state index in [1.165, 1.54) is 0 Å². The van der Waals surface area contributed by atoms with Gasteiger partial charge in [-0.1, -0.05) is 11.6 Å². The Kier molecular flexibility index (Phi) is 6.59. The fourth-order valence-electron chi connectivity index (χ4n) is 2.18. The number of carbonyl (C=O) groups excluding carboxylic acids is 1. The number of benzene rings is 1. The van der Waals surface area contributed by atoms with Crippen molar-refractivity contribution in [3.63, 3.8) is 0 Å². The Hall–Kier alpha value is -0.970. The molecule has 2 rings (SSSR count). The molecule has 1 fully saturated rings. The molecule has 1 aliphatic heterocycles. The summed E-state index contributed by atoms with van der Waals surface area (Å²) in [4.78, 5) is 13.8. The highest BCUT2D eigenvalue weighted by molar-refractivity contribution is 6.31. The molecule has 0 aromatic heterocycles. The van der Waals surface area contributed by atoms with Gasteiger partial charge in [-0.15, -0.1) is 12.4 Å². The van der Waals surface area contributed by atoms with Gasteiger partial charge in [0.25, 0.3) is 5.91 Å². The molecule has 0 aliphatic carbocycles. The average Bonchev–Trinajstić information content (AvgIpc) is 2.40. The van der Waals surface area contributed by atoms with Crippen molar-refractivity contribution >= 4 is 29.9 Å². The van der Waals surface area contributed by atoms with E-state index in [2.05, 4.69) is 0 Å². The maximum Gasteiger partial charge on any atom is 0.260 e. The van der Waals surface area contributed by atoms with E-state index >= 15 is 0 Å². The van der Waals surface area contributed by atoms with Crippen LogP contribution in [0.2, 0.25) is 5.02 Å². The molecule has 1 aliphatic rings. The van der Waals surface area contributed by atoms with Crippen molar-refractivity contribution in [1.82, 2.24) is 4.90 Å². The van der Waals surface area contributed by atoms with Crippen LogP contribution in [-0.2, 0) is 4.79 Å². The first-order chi connectivity index (χ1) is 9.06. The Morgan fingerprint density at radius 2 is 2.30 bits per heavy atom. The largest absolute Gasteiger partial charge is 0.484 e. The molecule has 1 aromatic carbocycles. The first-order valence-corrected chi connectivity index (χ1v) is 6.86. The first kappa shape index (κ1) is 17.1. The molecule has 1 heterocycles. The number of hydrogen-bond donors (Lipinski definition) is 1. The summed E-state index contributed by atoms with van der Waals surface area (Å²) in [6.07, 6.45) is 1.95. The van der Waals surface area contributed by atoms with Gasteiger partial charge in [-0.3, -0.25) is 4.79 Å². The van der Waals surface area contributed by atoms with E-state index < -0.39 is 0 Å². The minimum atomic E-state index is -0.0113. The fraction of sp³-hybridized carbons (Fsp3) is 0.500. The summed E-state index contributed by atoms with van der Waals surface area (Å²) in [5.74, 6) is 0.652. The van der Waals surface area contributed by atoms with Gasteiger partial charge in [0.1, 0.15) is 5.75 Å². The van der Waals surface area contributed by atoms with E-state index in [1.54, 1.807) is 17.0 Å². The topological polar surface area (TPSA) is 55.6 Å². The maximum absolute atomic E-state index is 12.0. The smallest absolute Gasteiger partial charge is 0.260 e. The Bertz CT molecular complexity index is 468. The Balaban J connectivity index is 0.00000200. The Labute approximate surface area is 130 Å². The van der Waals surface area contributed by atoms with Crippen LogP contribution < -0.4 is 10.5 Å². The van der Waals surface area contributed by atoms with Crippen LogP contribution in [0.1, 0.15) is 18.4 Å². The highest BCUT2D eigenvalue weighted by Gasteiger charge is 2.21. The minimum absolute atomic E-state index is 0. The lowest BCUT2D eigenvalue weighted by atomic mass is 10.1. The number of amides is 1. The van der Waals surface area contributed by atoms with Gasteiger partial charge in [0.2, 0.25) is 0 Å². The summed E-state index contributed by atoms with van der Waals surface area (Å²) in [7, 11) is 0. The lowest BCUT2D eigenvalue weighted by Crippen LogP contribution is -2.47. The number of halogens is 2. The predicted octanol–water partition coefficient (Wildman–Crippen LogP) is 2.40. The van der Waals surface area contributed by atoms with Gasteiger partial charge in [-0.2, -0.15) is 0 Å². The van der Waals surface area contributed by atoms with E-state index in [4.69, 9.17) is 22.1 Å². The van der Waals surface area contributed by atoms with Crippen LogP contribution in [0.3, 0.4) is 0 Å². The summed E-state index contributed by atoms with van der Waals surface area (Å²) in [6, 6.07) is 5.46. The first-order valence-electron chi connectivity index (χ1n) is 6.48. The zero-order valence-corrected chi connectivity index (χ0v) is 13.0. The van der Waals surface area contributed by atoms with Gasteiger partial charge in [-0.05, 0) is 43.5 Å². The standard InChI is InChI=1S/C14H19ClN2O2.ClH/c1-10-7-12(4-5-13(10)15)19-9-14(18)17-6-2-3-11(16)8-17;/h4-5,7,11H,2-3,6,8-9,16H2,1H3;1H. The lowest BCUT2D eigenvalue weighted by molar-refractivity contribution is -0.134. The molecule has 0 saturated carbocycles. The quantitative estimate of drug-likeness (QED) is 0.931. The van der Waals surface area contributed by atoms with Crippen molar-refractivity contribution in [3.8, 4) is 5.75 Å². The number of nitrogens with zero attached hydrogens (tertiary/aromatic N) is 1. The number of rotatable bonds is 3. The number of carbonyl (C=O) groups is 1. The summed E-state index contributed by atoms with van der Waals surface area (Å²) in [5, 5.41) is 0.695. The number of piperidine rings is 1. The van der Waals surface area contributed by atoms with Crippen molar-refractivity contribution < 1.29 is 9.53 Å². The van der Waals surface area contributed by atoms with Gasteiger partial charge in [0.05, 0.1) is 0 Å². The number of hydrogen-bond acceptors (Lipinski definition) is 3. The number of aryl methyl sites for hydroxylation is 1. The summed E-state index contributed by atoms with van der Waals surface area (Å²) in [6.45, 7) is 3.35. The van der Waals surface area contributed by atoms with Crippen LogP contribution in [0.4, 0.5) is 0 Å². The van der Waals surface area contributed by atoms with Crippen LogP contribution in [-0.4, -0.2) is 36.5 Å². The minimum Gasteiger partial charge on any atom is -0.484 e. The van der Waals surface area contributed by atoms with E-state index in [-0.39, 0.29) is 31.0 Å². The molecule has 0 bridgehead atoms. The zero-order chi connectivity index (χ0) is 13.8. The van der Waals surface area contributed by atoms with Gasteiger partial charge in [0, 0.05) is 24.2 Å². The van der Waals surface area contributed by atoms with Crippen molar-refractivity contribution in [3.05, 3.63) is 28.8 Å². The molecule has 0 radical (unpaired) electrons. The van der Waals surface area contributed by atoms with Crippen LogP contribution in [0.5, 0.6) is 5.75 Å². The molecule has 112 valence electrons. The number of likely N-dealkylation sites (tertiary alicyclic amines) is 1. The molecule has 1 saturated heterocycles. The maximum atomic E-state index is 12.0.